The van der Waals surface area contributed by atoms with Crippen LogP contribution in [0.25, 0.3) is 0 Å². The molecule has 2 heterocycles. The molecular formula is C13H22N6O. The summed E-state index contributed by atoms with van der Waals surface area (Å²) in [5.74, 6) is 1.78. The lowest BCUT2D eigenvalue weighted by Crippen LogP contribution is -2.39. The van der Waals surface area contributed by atoms with Crippen LogP contribution in [0.3, 0.4) is 0 Å². The minimum atomic E-state index is -0.382. The van der Waals surface area contributed by atoms with E-state index in [1.807, 2.05) is 19.9 Å². The van der Waals surface area contributed by atoms with Gasteiger partial charge in [-0.05, 0) is 20.3 Å². The van der Waals surface area contributed by atoms with Crippen molar-refractivity contribution in [1.82, 2.24) is 15.3 Å². The molecule has 0 bridgehead atoms. The Labute approximate surface area is 119 Å². The molecule has 1 aliphatic heterocycles. The van der Waals surface area contributed by atoms with Crippen LogP contribution in [0.5, 0.6) is 0 Å². The normalized spacial score (nSPS) is 21.9. The Morgan fingerprint density at radius 1 is 1.55 bits per heavy atom. The summed E-state index contributed by atoms with van der Waals surface area (Å²) in [6, 6.07) is 1.87. The number of carbonyl (C=O) groups is 1. The van der Waals surface area contributed by atoms with E-state index in [2.05, 4.69) is 25.5 Å². The van der Waals surface area contributed by atoms with Crippen molar-refractivity contribution in [2.45, 2.75) is 20.3 Å². The SMILES string of the molecule is CCNc1cc(N2CCC(C)(C(=O)NC)C2)nc(N)n1. The highest BCUT2D eigenvalue weighted by atomic mass is 16.2. The fraction of sp³-hybridized carbons (Fsp3) is 0.615. The Bertz CT molecular complexity index is 506. The van der Waals surface area contributed by atoms with E-state index >= 15 is 0 Å². The molecule has 0 spiro atoms. The van der Waals surface area contributed by atoms with Crippen molar-refractivity contribution < 1.29 is 4.79 Å². The molecule has 0 aliphatic carbocycles. The summed E-state index contributed by atoms with van der Waals surface area (Å²) < 4.78 is 0. The van der Waals surface area contributed by atoms with Crippen molar-refractivity contribution in [1.29, 1.82) is 0 Å². The van der Waals surface area contributed by atoms with Crippen LogP contribution in [-0.4, -0.2) is 42.6 Å². The highest BCUT2D eigenvalue weighted by molar-refractivity contribution is 5.83. The van der Waals surface area contributed by atoms with Crippen molar-refractivity contribution in [2.75, 3.05) is 42.6 Å². The zero-order valence-electron chi connectivity index (χ0n) is 12.2. The van der Waals surface area contributed by atoms with Gasteiger partial charge < -0.3 is 21.3 Å². The molecule has 2 rings (SSSR count). The van der Waals surface area contributed by atoms with Crippen molar-refractivity contribution >= 4 is 23.5 Å². The van der Waals surface area contributed by atoms with Crippen LogP contribution >= 0.6 is 0 Å². The topological polar surface area (TPSA) is 96.2 Å². The molecule has 1 aromatic heterocycles. The van der Waals surface area contributed by atoms with E-state index in [-0.39, 0.29) is 17.3 Å². The van der Waals surface area contributed by atoms with Crippen LogP contribution in [0.1, 0.15) is 20.3 Å². The zero-order valence-corrected chi connectivity index (χ0v) is 12.2. The standard InChI is InChI=1S/C13H22N6O/c1-4-16-9-7-10(18-12(14)17-9)19-6-5-13(2,8-19)11(20)15-3/h7H,4-6,8H2,1-3H3,(H,15,20)(H3,14,16,17,18). The highest BCUT2D eigenvalue weighted by Crippen LogP contribution is 2.33. The lowest BCUT2D eigenvalue weighted by molar-refractivity contribution is -0.128. The minimum Gasteiger partial charge on any atom is -0.370 e. The largest absolute Gasteiger partial charge is 0.370 e. The van der Waals surface area contributed by atoms with Crippen LogP contribution in [0.15, 0.2) is 6.07 Å². The van der Waals surface area contributed by atoms with E-state index in [4.69, 9.17) is 5.73 Å². The van der Waals surface area contributed by atoms with Gasteiger partial charge in [-0.25, -0.2) is 0 Å². The van der Waals surface area contributed by atoms with Gasteiger partial charge in [0.25, 0.3) is 0 Å². The number of hydrogen-bond donors (Lipinski definition) is 3. The number of nitrogens with one attached hydrogen (secondary N) is 2. The average molecular weight is 278 g/mol. The average Bonchev–Trinajstić information content (AvgIpc) is 2.81. The van der Waals surface area contributed by atoms with Crippen molar-refractivity contribution in [3.63, 3.8) is 0 Å². The Hall–Kier alpha value is -2.05. The predicted octanol–water partition coefficient (Wildman–Crippen LogP) is 0.453. The molecule has 110 valence electrons. The maximum absolute atomic E-state index is 11.9. The van der Waals surface area contributed by atoms with Crippen LogP contribution in [0.4, 0.5) is 17.6 Å². The van der Waals surface area contributed by atoms with E-state index in [1.165, 1.54) is 0 Å². The first-order chi connectivity index (χ1) is 9.48. The smallest absolute Gasteiger partial charge is 0.227 e. The maximum atomic E-state index is 11.9. The van der Waals surface area contributed by atoms with Crippen LogP contribution in [0.2, 0.25) is 0 Å². The van der Waals surface area contributed by atoms with E-state index < -0.39 is 0 Å². The molecule has 0 radical (unpaired) electrons. The van der Waals surface area contributed by atoms with E-state index in [9.17, 15) is 4.79 Å². The van der Waals surface area contributed by atoms with Gasteiger partial charge >= 0.3 is 0 Å². The Balaban J connectivity index is 2.19. The summed E-state index contributed by atoms with van der Waals surface area (Å²) >= 11 is 0. The van der Waals surface area contributed by atoms with Gasteiger partial charge in [-0.1, -0.05) is 0 Å². The van der Waals surface area contributed by atoms with Crippen LogP contribution in [-0.2, 0) is 4.79 Å². The van der Waals surface area contributed by atoms with Gasteiger partial charge in [0, 0.05) is 32.7 Å². The third kappa shape index (κ3) is 2.76. The van der Waals surface area contributed by atoms with Gasteiger partial charge in [0.05, 0.1) is 5.41 Å². The van der Waals surface area contributed by atoms with Crippen molar-refractivity contribution in [3.05, 3.63) is 6.07 Å². The number of hydrogen-bond acceptors (Lipinski definition) is 6. The van der Waals surface area contributed by atoms with Gasteiger partial charge in [0.2, 0.25) is 11.9 Å². The van der Waals surface area contributed by atoms with Gasteiger partial charge in [-0.15, -0.1) is 0 Å². The molecule has 1 fully saturated rings. The molecule has 1 atom stereocenters. The lowest BCUT2D eigenvalue weighted by Gasteiger charge is -2.23. The molecule has 0 aromatic carbocycles. The molecule has 0 saturated carbocycles. The monoisotopic (exact) mass is 278 g/mol. The zero-order chi connectivity index (χ0) is 14.8. The number of aromatic nitrogens is 2. The highest BCUT2D eigenvalue weighted by Gasteiger charge is 2.40. The van der Waals surface area contributed by atoms with Gasteiger partial charge in [-0.3, -0.25) is 4.79 Å². The second kappa shape index (κ2) is 5.52. The lowest BCUT2D eigenvalue weighted by atomic mass is 9.89. The Kier molecular flexibility index (Phi) is 3.96. The molecule has 1 unspecified atom stereocenters. The maximum Gasteiger partial charge on any atom is 0.227 e. The first-order valence-electron chi connectivity index (χ1n) is 6.84. The molecule has 4 N–H and O–H groups in total. The van der Waals surface area contributed by atoms with Gasteiger partial charge in [0.1, 0.15) is 11.6 Å². The number of carbonyl (C=O) groups excluding carboxylic acids is 1. The number of anilines is 3. The summed E-state index contributed by atoms with van der Waals surface area (Å²) in [7, 11) is 1.67. The van der Waals surface area contributed by atoms with Gasteiger partial charge in [-0.2, -0.15) is 9.97 Å². The summed E-state index contributed by atoms with van der Waals surface area (Å²) in [5.41, 5.74) is 5.36. The molecule has 1 aromatic rings. The Morgan fingerprint density at radius 3 is 2.95 bits per heavy atom. The van der Waals surface area contributed by atoms with Crippen molar-refractivity contribution in [2.24, 2.45) is 5.41 Å². The molecular weight excluding hydrogens is 256 g/mol. The molecule has 7 heteroatoms. The number of nitrogens with two attached hydrogens (primary N) is 1. The molecule has 1 amide bonds. The first-order valence-corrected chi connectivity index (χ1v) is 6.84. The molecule has 1 saturated heterocycles. The molecule has 20 heavy (non-hydrogen) atoms. The third-order valence-corrected chi connectivity index (χ3v) is 3.66. The number of nitrogen functional groups attached to an aromatic ring is 1. The molecule has 7 nitrogen and oxygen atoms in total. The first kappa shape index (κ1) is 14.4. The quantitative estimate of drug-likeness (QED) is 0.740. The number of rotatable bonds is 4. The summed E-state index contributed by atoms with van der Waals surface area (Å²) in [5, 5.41) is 5.86. The fourth-order valence-corrected chi connectivity index (χ4v) is 2.53. The molecule has 1 aliphatic rings. The van der Waals surface area contributed by atoms with Gasteiger partial charge in [0.15, 0.2) is 0 Å². The van der Waals surface area contributed by atoms with E-state index in [1.54, 1.807) is 7.05 Å². The Morgan fingerprint density at radius 2 is 2.30 bits per heavy atom. The number of amides is 1. The summed E-state index contributed by atoms with van der Waals surface area (Å²) in [6.07, 6.45) is 0.799. The number of nitrogens with zero attached hydrogens (tertiary/aromatic N) is 3. The predicted molar refractivity (Wildman–Crippen MR) is 79.6 cm³/mol. The summed E-state index contributed by atoms with van der Waals surface area (Å²) in [4.78, 5) is 22.4. The van der Waals surface area contributed by atoms with Crippen LogP contribution < -0.4 is 21.3 Å². The van der Waals surface area contributed by atoms with Crippen LogP contribution in [0, 0.1) is 5.41 Å². The second-order valence-electron chi connectivity index (χ2n) is 5.31. The van der Waals surface area contributed by atoms with E-state index in [0.29, 0.717) is 12.4 Å². The minimum absolute atomic E-state index is 0.0638. The van der Waals surface area contributed by atoms with E-state index in [0.717, 1.165) is 25.3 Å². The second-order valence-corrected chi connectivity index (χ2v) is 5.31. The fourth-order valence-electron chi connectivity index (χ4n) is 2.53. The third-order valence-electron chi connectivity index (χ3n) is 3.66. The summed E-state index contributed by atoms with van der Waals surface area (Å²) in [6.45, 7) is 6.16. The van der Waals surface area contributed by atoms with Crippen molar-refractivity contribution in [3.8, 4) is 0 Å².